The van der Waals surface area contributed by atoms with Gasteiger partial charge in [0.1, 0.15) is 5.82 Å². The lowest BCUT2D eigenvalue weighted by Gasteiger charge is -2.18. The summed E-state index contributed by atoms with van der Waals surface area (Å²) in [7, 11) is 0. The highest BCUT2D eigenvalue weighted by atomic mass is 35.5. The fraction of sp³-hybridized carbons (Fsp3) is 0.667. The standard InChI is InChI=1S/C12H20ClN5O2/c1-4-9-15-11(13)10(18(19)20)12(16-9)14-7-8-17(5-2)6-3/h4-8H2,1-3H3,(H,14,15,16). The highest BCUT2D eigenvalue weighted by molar-refractivity contribution is 6.31. The number of nitrogens with zero attached hydrogens (tertiary/aromatic N) is 4. The predicted octanol–water partition coefficient (Wildman–Crippen LogP) is 2.35. The Labute approximate surface area is 123 Å². The van der Waals surface area contributed by atoms with Crippen LogP contribution in [0.15, 0.2) is 0 Å². The number of aryl methyl sites for hydroxylation is 1. The molecule has 0 bridgehead atoms. The Morgan fingerprint density at radius 3 is 2.45 bits per heavy atom. The molecule has 1 N–H and O–H groups in total. The van der Waals surface area contributed by atoms with Crippen molar-refractivity contribution in [2.45, 2.75) is 27.2 Å². The van der Waals surface area contributed by atoms with Gasteiger partial charge in [0.05, 0.1) is 4.92 Å². The molecule has 0 amide bonds. The maximum Gasteiger partial charge on any atom is 0.348 e. The predicted molar refractivity (Wildman–Crippen MR) is 79.4 cm³/mol. The first-order chi connectivity index (χ1) is 9.53. The van der Waals surface area contributed by atoms with Crippen LogP contribution in [0.3, 0.4) is 0 Å². The third kappa shape index (κ3) is 4.28. The van der Waals surface area contributed by atoms with E-state index in [1.807, 2.05) is 6.92 Å². The molecule has 0 aliphatic heterocycles. The number of nitro groups is 1. The molecular weight excluding hydrogens is 282 g/mol. The van der Waals surface area contributed by atoms with E-state index in [4.69, 9.17) is 11.6 Å². The normalized spacial score (nSPS) is 10.8. The second kappa shape index (κ2) is 7.96. The molecule has 0 fully saturated rings. The molecule has 0 saturated heterocycles. The molecule has 1 aromatic heterocycles. The molecule has 0 aliphatic rings. The average molecular weight is 302 g/mol. The molecule has 0 aliphatic carbocycles. The first-order valence-electron chi connectivity index (χ1n) is 6.70. The van der Waals surface area contributed by atoms with Crippen molar-refractivity contribution in [2.24, 2.45) is 0 Å². The molecule has 1 rings (SSSR count). The summed E-state index contributed by atoms with van der Waals surface area (Å²) >= 11 is 5.86. The Kier molecular flexibility index (Phi) is 6.60. The first-order valence-corrected chi connectivity index (χ1v) is 7.08. The highest BCUT2D eigenvalue weighted by Crippen LogP contribution is 2.29. The van der Waals surface area contributed by atoms with Crippen molar-refractivity contribution in [3.63, 3.8) is 0 Å². The summed E-state index contributed by atoms with van der Waals surface area (Å²) in [4.78, 5) is 20.8. The Morgan fingerprint density at radius 2 is 1.95 bits per heavy atom. The zero-order valence-corrected chi connectivity index (χ0v) is 12.8. The number of aromatic nitrogens is 2. The van der Waals surface area contributed by atoms with Crippen molar-refractivity contribution in [3.05, 3.63) is 21.1 Å². The molecule has 20 heavy (non-hydrogen) atoms. The Bertz CT molecular complexity index is 465. The maximum absolute atomic E-state index is 11.0. The third-order valence-electron chi connectivity index (χ3n) is 3.00. The molecular formula is C12H20ClN5O2. The summed E-state index contributed by atoms with van der Waals surface area (Å²) in [6.07, 6.45) is 0.572. The lowest BCUT2D eigenvalue weighted by Crippen LogP contribution is -2.29. The van der Waals surface area contributed by atoms with Crippen molar-refractivity contribution in [1.82, 2.24) is 14.9 Å². The number of halogens is 1. The fourth-order valence-corrected chi connectivity index (χ4v) is 2.04. The third-order valence-corrected chi connectivity index (χ3v) is 3.27. The second-order valence-corrected chi connectivity index (χ2v) is 4.55. The minimum Gasteiger partial charge on any atom is -0.363 e. The Balaban J connectivity index is 2.86. The van der Waals surface area contributed by atoms with Gasteiger partial charge in [0, 0.05) is 19.5 Å². The quantitative estimate of drug-likeness (QED) is 0.451. The Hall–Kier alpha value is -1.47. The summed E-state index contributed by atoms with van der Waals surface area (Å²) in [5, 5.41) is 13.9. The van der Waals surface area contributed by atoms with Gasteiger partial charge in [-0.15, -0.1) is 0 Å². The molecule has 0 saturated carbocycles. The monoisotopic (exact) mass is 301 g/mol. The number of hydrogen-bond acceptors (Lipinski definition) is 6. The van der Waals surface area contributed by atoms with Crippen molar-refractivity contribution >= 4 is 23.1 Å². The molecule has 1 aromatic rings. The molecule has 8 heteroatoms. The number of nitrogens with one attached hydrogen (secondary N) is 1. The van der Waals surface area contributed by atoms with Crippen molar-refractivity contribution in [1.29, 1.82) is 0 Å². The van der Waals surface area contributed by atoms with Crippen molar-refractivity contribution in [2.75, 3.05) is 31.5 Å². The molecule has 1 heterocycles. The van der Waals surface area contributed by atoms with Crippen LogP contribution in [-0.4, -0.2) is 46.0 Å². The molecule has 7 nitrogen and oxygen atoms in total. The maximum atomic E-state index is 11.0. The molecule has 0 spiro atoms. The van der Waals surface area contributed by atoms with Crippen LogP contribution < -0.4 is 5.32 Å². The second-order valence-electron chi connectivity index (χ2n) is 4.19. The van der Waals surface area contributed by atoms with Crippen LogP contribution in [-0.2, 0) is 6.42 Å². The minimum absolute atomic E-state index is 0.118. The van der Waals surface area contributed by atoms with Gasteiger partial charge < -0.3 is 10.2 Å². The zero-order valence-electron chi connectivity index (χ0n) is 12.0. The Morgan fingerprint density at radius 1 is 1.30 bits per heavy atom. The van der Waals surface area contributed by atoms with Crippen LogP contribution in [0.5, 0.6) is 0 Å². The van der Waals surface area contributed by atoms with E-state index >= 15 is 0 Å². The lowest BCUT2D eigenvalue weighted by atomic mass is 10.4. The van der Waals surface area contributed by atoms with Gasteiger partial charge in [0.25, 0.3) is 0 Å². The number of hydrogen-bond donors (Lipinski definition) is 1. The molecule has 112 valence electrons. The molecule has 0 unspecified atom stereocenters. The van der Waals surface area contributed by atoms with Crippen LogP contribution in [0.1, 0.15) is 26.6 Å². The number of likely N-dealkylation sites (N-methyl/N-ethyl adjacent to an activating group) is 1. The zero-order chi connectivity index (χ0) is 15.1. The van der Waals surface area contributed by atoms with Crippen LogP contribution in [0, 0.1) is 10.1 Å². The van der Waals surface area contributed by atoms with E-state index in [9.17, 15) is 10.1 Å². The van der Waals surface area contributed by atoms with E-state index in [0.29, 0.717) is 18.8 Å². The minimum atomic E-state index is -0.554. The van der Waals surface area contributed by atoms with E-state index in [1.165, 1.54) is 0 Å². The van der Waals surface area contributed by atoms with E-state index in [2.05, 4.69) is 34.0 Å². The highest BCUT2D eigenvalue weighted by Gasteiger charge is 2.23. The lowest BCUT2D eigenvalue weighted by molar-refractivity contribution is -0.384. The first kappa shape index (κ1) is 16.6. The van der Waals surface area contributed by atoms with Crippen LogP contribution >= 0.6 is 11.6 Å². The van der Waals surface area contributed by atoms with E-state index in [-0.39, 0.29) is 16.7 Å². The summed E-state index contributed by atoms with van der Waals surface area (Å²) in [6, 6.07) is 0. The van der Waals surface area contributed by atoms with Gasteiger partial charge in [0.2, 0.25) is 11.0 Å². The summed E-state index contributed by atoms with van der Waals surface area (Å²) in [5.41, 5.74) is -0.261. The van der Waals surface area contributed by atoms with Gasteiger partial charge in [-0.2, -0.15) is 0 Å². The van der Waals surface area contributed by atoms with E-state index < -0.39 is 4.92 Å². The SMILES string of the molecule is CCc1nc(Cl)c([N+](=O)[O-])c(NCCN(CC)CC)n1. The molecule has 0 atom stereocenters. The van der Waals surface area contributed by atoms with E-state index in [0.717, 1.165) is 19.6 Å². The van der Waals surface area contributed by atoms with Gasteiger partial charge in [-0.3, -0.25) is 10.1 Å². The largest absolute Gasteiger partial charge is 0.363 e. The van der Waals surface area contributed by atoms with Gasteiger partial charge in [0.15, 0.2) is 0 Å². The van der Waals surface area contributed by atoms with Crippen molar-refractivity contribution < 1.29 is 4.92 Å². The topological polar surface area (TPSA) is 84.2 Å². The van der Waals surface area contributed by atoms with Crippen molar-refractivity contribution in [3.8, 4) is 0 Å². The van der Waals surface area contributed by atoms with E-state index in [1.54, 1.807) is 0 Å². The van der Waals surface area contributed by atoms with Gasteiger partial charge in [-0.1, -0.05) is 32.4 Å². The summed E-state index contributed by atoms with van der Waals surface area (Å²) < 4.78 is 0. The summed E-state index contributed by atoms with van der Waals surface area (Å²) in [5.74, 6) is 0.685. The summed E-state index contributed by atoms with van der Waals surface area (Å²) in [6.45, 7) is 9.24. The number of anilines is 1. The van der Waals surface area contributed by atoms with Gasteiger partial charge >= 0.3 is 5.69 Å². The van der Waals surface area contributed by atoms with Gasteiger partial charge in [-0.05, 0) is 13.1 Å². The van der Waals surface area contributed by atoms with Crippen LogP contribution in [0.25, 0.3) is 0 Å². The fourth-order valence-electron chi connectivity index (χ4n) is 1.79. The smallest absolute Gasteiger partial charge is 0.348 e. The number of rotatable bonds is 8. The molecule has 0 aromatic carbocycles. The van der Waals surface area contributed by atoms with Crippen LogP contribution in [0.2, 0.25) is 5.15 Å². The average Bonchev–Trinajstić information content (AvgIpc) is 2.42. The van der Waals surface area contributed by atoms with Gasteiger partial charge in [-0.25, -0.2) is 9.97 Å². The van der Waals surface area contributed by atoms with Crippen LogP contribution in [0.4, 0.5) is 11.5 Å². The molecule has 0 radical (unpaired) electrons.